The van der Waals surface area contributed by atoms with Gasteiger partial charge >= 0.3 is 5.97 Å². The number of carboxylic acids is 1. The van der Waals surface area contributed by atoms with E-state index in [-0.39, 0.29) is 12.0 Å². The molecule has 2 aliphatic rings. The van der Waals surface area contributed by atoms with Gasteiger partial charge in [-0.15, -0.1) is 0 Å². The summed E-state index contributed by atoms with van der Waals surface area (Å²) in [6.07, 6.45) is 3.52. The number of carbonyl (C=O) groups excluding carboxylic acids is 1. The third-order valence-electron chi connectivity index (χ3n) is 3.94. The number of carboxylic acid groups (broad SMARTS) is 1. The predicted octanol–water partition coefficient (Wildman–Crippen LogP) is 1.39. The fourth-order valence-electron chi connectivity index (χ4n) is 2.76. The van der Waals surface area contributed by atoms with Crippen LogP contribution in [-0.4, -0.2) is 52.9 Å². The normalized spacial score (nSPS) is 21.7. The molecule has 132 valence electrons. The SMILES string of the molecule is O=C(O)COc1ccccc1/C=C1\NC(=S)N(C[C@H]2CCCO2)C1=O. The molecule has 0 aliphatic carbocycles. The number of benzene rings is 1. The molecule has 0 saturated carbocycles. The first-order valence-electron chi connectivity index (χ1n) is 7.94. The molecule has 0 aromatic heterocycles. The van der Waals surface area contributed by atoms with E-state index in [1.807, 2.05) is 0 Å². The molecule has 2 heterocycles. The van der Waals surface area contributed by atoms with Crippen molar-refractivity contribution >= 4 is 35.3 Å². The van der Waals surface area contributed by atoms with Crippen molar-refractivity contribution in [3.8, 4) is 5.75 Å². The number of ether oxygens (including phenoxy) is 2. The lowest BCUT2D eigenvalue weighted by atomic mass is 10.1. The Kier molecular flexibility index (Phi) is 5.30. The van der Waals surface area contributed by atoms with Crippen LogP contribution in [0.4, 0.5) is 0 Å². The summed E-state index contributed by atoms with van der Waals surface area (Å²) in [5.41, 5.74) is 0.927. The van der Waals surface area contributed by atoms with Gasteiger partial charge in [0, 0.05) is 12.2 Å². The van der Waals surface area contributed by atoms with Crippen molar-refractivity contribution in [1.29, 1.82) is 0 Å². The zero-order valence-electron chi connectivity index (χ0n) is 13.4. The van der Waals surface area contributed by atoms with Crippen LogP contribution < -0.4 is 10.1 Å². The van der Waals surface area contributed by atoms with Crippen LogP contribution in [0.1, 0.15) is 18.4 Å². The van der Waals surface area contributed by atoms with E-state index in [2.05, 4.69) is 5.32 Å². The number of para-hydroxylation sites is 1. The first-order chi connectivity index (χ1) is 12.0. The molecule has 3 rings (SSSR count). The smallest absolute Gasteiger partial charge is 0.341 e. The summed E-state index contributed by atoms with van der Waals surface area (Å²) in [6.45, 7) is 0.689. The highest BCUT2D eigenvalue weighted by molar-refractivity contribution is 7.80. The van der Waals surface area contributed by atoms with Crippen LogP contribution in [0.15, 0.2) is 30.0 Å². The van der Waals surface area contributed by atoms with Crippen molar-refractivity contribution in [2.24, 2.45) is 0 Å². The molecule has 1 aromatic rings. The van der Waals surface area contributed by atoms with Gasteiger partial charge in [0.05, 0.1) is 12.6 Å². The molecule has 1 amide bonds. The van der Waals surface area contributed by atoms with Gasteiger partial charge in [0.1, 0.15) is 11.4 Å². The lowest BCUT2D eigenvalue weighted by Crippen LogP contribution is -2.37. The third kappa shape index (κ3) is 4.15. The van der Waals surface area contributed by atoms with Gasteiger partial charge < -0.3 is 19.9 Å². The van der Waals surface area contributed by atoms with Crippen LogP contribution in [0.5, 0.6) is 5.75 Å². The number of aliphatic carboxylic acids is 1. The number of carbonyl (C=O) groups is 2. The summed E-state index contributed by atoms with van der Waals surface area (Å²) in [5.74, 6) is -0.912. The monoisotopic (exact) mass is 362 g/mol. The van der Waals surface area contributed by atoms with Crippen LogP contribution in [-0.2, 0) is 14.3 Å². The molecule has 1 atom stereocenters. The van der Waals surface area contributed by atoms with Crippen LogP contribution in [0.25, 0.3) is 6.08 Å². The number of hydrogen-bond acceptors (Lipinski definition) is 5. The standard InChI is InChI=1S/C17H18N2O5S/c20-15(21)10-24-14-6-2-1-4-11(14)8-13-16(22)19(17(25)18-13)9-12-5-3-7-23-12/h1-2,4,6,8,12H,3,5,7,9-10H2,(H,18,25)(H,20,21)/b13-8-/t12-/m1/s1. The van der Waals surface area contributed by atoms with E-state index in [1.54, 1.807) is 30.3 Å². The molecule has 7 nitrogen and oxygen atoms in total. The van der Waals surface area contributed by atoms with Gasteiger partial charge in [0.2, 0.25) is 0 Å². The van der Waals surface area contributed by atoms with Gasteiger partial charge in [0.15, 0.2) is 11.7 Å². The number of rotatable bonds is 6. The van der Waals surface area contributed by atoms with E-state index < -0.39 is 12.6 Å². The fourth-order valence-corrected chi connectivity index (χ4v) is 3.02. The fraction of sp³-hybridized carbons (Fsp3) is 0.353. The van der Waals surface area contributed by atoms with Gasteiger partial charge in [-0.1, -0.05) is 18.2 Å². The maximum absolute atomic E-state index is 12.6. The number of amides is 1. The lowest BCUT2D eigenvalue weighted by Gasteiger charge is -2.18. The Morgan fingerprint density at radius 3 is 3.00 bits per heavy atom. The second-order valence-corrected chi connectivity index (χ2v) is 6.15. The molecule has 2 fully saturated rings. The lowest BCUT2D eigenvalue weighted by molar-refractivity contribution is -0.139. The van der Waals surface area contributed by atoms with Crippen molar-refractivity contribution in [3.63, 3.8) is 0 Å². The van der Waals surface area contributed by atoms with Gasteiger partial charge in [-0.3, -0.25) is 9.69 Å². The van der Waals surface area contributed by atoms with E-state index in [0.29, 0.717) is 35.3 Å². The first-order valence-corrected chi connectivity index (χ1v) is 8.35. The van der Waals surface area contributed by atoms with Crippen molar-refractivity contribution in [2.45, 2.75) is 18.9 Å². The van der Waals surface area contributed by atoms with E-state index in [4.69, 9.17) is 26.8 Å². The Morgan fingerprint density at radius 1 is 1.48 bits per heavy atom. The minimum Gasteiger partial charge on any atom is -0.481 e. The molecule has 25 heavy (non-hydrogen) atoms. The predicted molar refractivity (Wildman–Crippen MR) is 94.0 cm³/mol. The minimum atomic E-state index is -1.07. The molecule has 2 N–H and O–H groups in total. The number of nitrogens with zero attached hydrogens (tertiary/aromatic N) is 1. The second-order valence-electron chi connectivity index (χ2n) is 5.76. The van der Waals surface area contributed by atoms with Crippen LogP contribution in [0.2, 0.25) is 0 Å². The quantitative estimate of drug-likeness (QED) is 0.584. The average Bonchev–Trinajstić information content (AvgIpc) is 3.18. The largest absolute Gasteiger partial charge is 0.481 e. The summed E-state index contributed by atoms with van der Waals surface area (Å²) in [7, 11) is 0. The molecular formula is C17H18N2O5S. The van der Waals surface area contributed by atoms with Gasteiger partial charge in [-0.25, -0.2) is 4.79 Å². The van der Waals surface area contributed by atoms with Crippen LogP contribution >= 0.6 is 12.2 Å². The molecule has 0 radical (unpaired) electrons. The summed E-state index contributed by atoms with van der Waals surface area (Å²) in [6, 6.07) is 6.90. The Morgan fingerprint density at radius 2 is 2.28 bits per heavy atom. The van der Waals surface area contributed by atoms with Crippen molar-refractivity contribution in [1.82, 2.24) is 10.2 Å². The van der Waals surface area contributed by atoms with Crippen molar-refractivity contribution in [2.75, 3.05) is 19.8 Å². The molecule has 0 bridgehead atoms. The Hall–Kier alpha value is -2.45. The third-order valence-corrected chi connectivity index (χ3v) is 4.26. The molecule has 0 spiro atoms. The summed E-state index contributed by atoms with van der Waals surface area (Å²) >= 11 is 5.25. The zero-order chi connectivity index (χ0) is 17.8. The van der Waals surface area contributed by atoms with Crippen molar-refractivity contribution < 1.29 is 24.2 Å². The Bertz CT molecular complexity index is 728. The molecule has 2 saturated heterocycles. The van der Waals surface area contributed by atoms with E-state index in [9.17, 15) is 9.59 Å². The second kappa shape index (κ2) is 7.62. The van der Waals surface area contributed by atoms with E-state index >= 15 is 0 Å². The van der Waals surface area contributed by atoms with Gasteiger partial charge in [-0.2, -0.15) is 0 Å². The van der Waals surface area contributed by atoms with Crippen molar-refractivity contribution in [3.05, 3.63) is 35.5 Å². The summed E-state index contributed by atoms with van der Waals surface area (Å²) in [4.78, 5) is 24.8. The maximum atomic E-state index is 12.6. The highest BCUT2D eigenvalue weighted by Crippen LogP contribution is 2.23. The summed E-state index contributed by atoms with van der Waals surface area (Å²) in [5, 5.41) is 12.0. The maximum Gasteiger partial charge on any atom is 0.341 e. The Labute approximate surface area is 150 Å². The average molecular weight is 362 g/mol. The van der Waals surface area contributed by atoms with E-state index in [1.165, 1.54) is 4.90 Å². The zero-order valence-corrected chi connectivity index (χ0v) is 14.3. The highest BCUT2D eigenvalue weighted by atomic mass is 32.1. The first kappa shape index (κ1) is 17.4. The number of nitrogens with one attached hydrogen (secondary N) is 1. The van der Waals surface area contributed by atoms with Gasteiger partial charge in [-0.05, 0) is 37.2 Å². The number of thiocarbonyl (C=S) groups is 1. The Balaban J connectivity index is 1.76. The number of hydrogen-bond donors (Lipinski definition) is 2. The van der Waals surface area contributed by atoms with Crippen LogP contribution in [0, 0.1) is 0 Å². The summed E-state index contributed by atoms with van der Waals surface area (Å²) < 4.78 is 10.8. The molecular weight excluding hydrogens is 344 g/mol. The highest BCUT2D eigenvalue weighted by Gasteiger charge is 2.33. The molecule has 1 aromatic carbocycles. The molecule has 2 aliphatic heterocycles. The molecule has 8 heteroatoms. The van der Waals surface area contributed by atoms with Gasteiger partial charge in [0.25, 0.3) is 5.91 Å². The van der Waals surface area contributed by atoms with E-state index in [0.717, 1.165) is 12.8 Å². The van der Waals surface area contributed by atoms with Crippen LogP contribution in [0.3, 0.4) is 0 Å². The minimum absolute atomic E-state index is 0.00855. The molecule has 0 unspecified atom stereocenters. The topological polar surface area (TPSA) is 88.1 Å².